The molecule has 86 valence electrons. The smallest absolute Gasteiger partial charge is 0.197 e. The Labute approximate surface area is 117 Å². The first kappa shape index (κ1) is 12.4. The molecule has 0 N–H and O–H groups in total. The van der Waals surface area contributed by atoms with Gasteiger partial charge in [-0.1, -0.05) is 12.2 Å². The van der Waals surface area contributed by atoms with Crippen molar-refractivity contribution in [2.24, 2.45) is 0 Å². The average Bonchev–Trinajstić information content (AvgIpc) is 2.61. The third kappa shape index (κ3) is 2.30. The van der Waals surface area contributed by atoms with Crippen LogP contribution in [0, 0.1) is 4.51 Å². The number of thiol groups is 1. The van der Waals surface area contributed by atoms with E-state index < -0.39 is 0 Å². The van der Waals surface area contributed by atoms with Crippen LogP contribution in [0.3, 0.4) is 0 Å². The van der Waals surface area contributed by atoms with E-state index in [0.717, 1.165) is 37.4 Å². The molecule has 0 radical (unpaired) electrons. The summed E-state index contributed by atoms with van der Waals surface area (Å²) in [5, 5.41) is 1.99. The maximum absolute atomic E-state index is 5.82. The van der Waals surface area contributed by atoms with Crippen molar-refractivity contribution in [2.75, 3.05) is 24.2 Å². The van der Waals surface area contributed by atoms with Crippen molar-refractivity contribution < 1.29 is 4.42 Å². The molecule has 0 aromatic carbocycles. The zero-order chi connectivity index (χ0) is 11.7. The van der Waals surface area contributed by atoms with Crippen LogP contribution in [-0.2, 0) is 0 Å². The van der Waals surface area contributed by atoms with Crippen molar-refractivity contribution in [1.82, 2.24) is 0 Å². The van der Waals surface area contributed by atoms with E-state index in [1.165, 1.54) is 0 Å². The molecule has 2 rings (SSSR count). The second-order valence-corrected chi connectivity index (χ2v) is 5.96. The summed E-state index contributed by atoms with van der Waals surface area (Å²) in [6.07, 6.45) is 0. The Kier molecular flexibility index (Phi) is 3.94. The summed E-state index contributed by atoms with van der Waals surface area (Å²) in [7, 11) is 1.97. The minimum atomic E-state index is 0.779. The van der Waals surface area contributed by atoms with Crippen molar-refractivity contribution >= 4 is 68.3 Å². The van der Waals surface area contributed by atoms with Crippen LogP contribution in [0.1, 0.15) is 0 Å². The van der Waals surface area contributed by atoms with E-state index in [0.29, 0.717) is 0 Å². The van der Waals surface area contributed by atoms with Gasteiger partial charge in [-0.15, -0.1) is 11.3 Å². The first-order chi connectivity index (χ1) is 7.63. The van der Waals surface area contributed by atoms with Crippen molar-refractivity contribution in [3.63, 3.8) is 0 Å². The Bertz CT molecular complexity index is 563. The van der Waals surface area contributed by atoms with Crippen LogP contribution in [-0.4, -0.2) is 19.3 Å². The summed E-state index contributed by atoms with van der Waals surface area (Å²) in [5.74, 6) is 1.56. The van der Waals surface area contributed by atoms with Crippen molar-refractivity contribution in [3.8, 4) is 0 Å². The molecule has 2 aromatic rings. The van der Waals surface area contributed by atoms with Crippen molar-refractivity contribution in [3.05, 3.63) is 20.4 Å². The predicted molar refractivity (Wildman–Crippen MR) is 79.7 cm³/mol. The number of halogens is 1. The quantitative estimate of drug-likeness (QED) is 0.663. The van der Waals surface area contributed by atoms with E-state index in [1.807, 2.05) is 23.4 Å². The van der Waals surface area contributed by atoms with Crippen LogP contribution in [0.15, 0.2) is 20.3 Å². The van der Waals surface area contributed by atoms with Crippen LogP contribution in [0.2, 0.25) is 0 Å². The molecule has 0 aliphatic rings. The molecule has 0 saturated heterocycles. The van der Waals surface area contributed by atoms with Gasteiger partial charge >= 0.3 is 0 Å². The number of fused-ring (bicyclic) bond motifs is 1. The number of rotatable bonds is 3. The van der Waals surface area contributed by atoms with E-state index in [9.17, 15) is 0 Å². The number of hydrogen-bond donors (Lipinski definition) is 1. The van der Waals surface area contributed by atoms with Gasteiger partial charge in [0.2, 0.25) is 0 Å². The second-order valence-electron chi connectivity index (χ2n) is 3.34. The molecular formula is C10H10BrNOS3. The van der Waals surface area contributed by atoms with Crippen LogP contribution < -0.4 is 4.90 Å². The van der Waals surface area contributed by atoms with Gasteiger partial charge in [0.05, 0.1) is 13.7 Å². The average molecular weight is 336 g/mol. The highest BCUT2D eigenvalue weighted by atomic mass is 79.9. The molecule has 0 unspecified atom stereocenters. The van der Waals surface area contributed by atoms with Gasteiger partial charge in [-0.3, -0.25) is 0 Å². The van der Waals surface area contributed by atoms with Crippen molar-refractivity contribution in [1.29, 1.82) is 0 Å². The monoisotopic (exact) mass is 335 g/mol. The number of thiophene rings is 1. The van der Waals surface area contributed by atoms with E-state index in [1.54, 1.807) is 11.3 Å². The van der Waals surface area contributed by atoms with E-state index in [-0.39, 0.29) is 0 Å². The molecule has 0 bridgehead atoms. The highest BCUT2D eigenvalue weighted by Gasteiger charge is 2.10. The van der Waals surface area contributed by atoms with Gasteiger partial charge in [0.15, 0.2) is 11.5 Å². The standard InChI is InChI=1S/C10H10BrNOS3/c1-12(2-3-14)8-4-7(15)10-9(13-8)6(11)5-16-10/h4-5,14H,2-3H2,1H3. The summed E-state index contributed by atoms with van der Waals surface area (Å²) in [6, 6.07) is 1.89. The lowest BCUT2D eigenvalue weighted by Crippen LogP contribution is -2.19. The van der Waals surface area contributed by atoms with Gasteiger partial charge in [-0.25, -0.2) is 0 Å². The molecule has 2 heterocycles. The minimum Gasteiger partial charge on any atom is -0.438 e. The lowest BCUT2D eigenvalue weighted by molar-refractivity contribution is 0.590. The maximum atomic E-state index is 5.82. The van der Waals surface area contributed by atoms with Gasteiger partial charge in [0.25, 0.3) is 0 Å². The normalized spacial score (nSPS) is 10.9. The number of anilines is 1. The Hall–Kier alpha value is -0.0400. The highest BCUT2D eigenvalue weighted by molar-refractivity contribution is 9.10. The molecule has 0 spiro atoms. The summed E-state index contributed by atoms with van der Waals surface area (Å²) in [5.41, 5.74) is 0.832. The SMILES string of the molecule is CN(CCS)c1cc(=S)c2scc(Br)c2o1. The summed E-state index contributed by atoms with van der Waals surface area (Å²) >= 11 is 14.6. The Morgan fingerprint density at radius 1 is 1.62 bits per heavy atom. The highest BCUT2D eigenvalue weighted by Crippen LogP contribution is 2.34. The van der Waals surface area contributed by atoms with Crippen molar-refractivity contribution in [2.45, 2.75) is 0 Å². The first-order valence-corrected chi connectivity index (χ1v) is 7.37. The molecule has 2 aromatic heterocycles. The zero-order valence-corrected chi connectivity index (χ0v) is 12.7. The van der Waals surface area contributed by atoms with Gasteiger partial charge in [0.1, 0.15) is 0 Å². The topological polar surface area (TPSA) is 16.4 Å². The molecule has 0 atom stereocenters. The summed E-state index contributed by atoms with van der Waals surface area (Å²) < 4.78 is 8.62. The Morgan fingerprint density at radius 3 is 3.06 bits per heavy atom. The molecular weight excluding hydrogens is 326 g/mol. The maximum Gasteiger partial charge on any atom is 0.197 e. The second kappa shape index (κ2) is 5.08. The van der Waals surface area contributed by atoms with Crippen LogP contribution >= 0.6 is 52.1 Å². The van der Waals surface area contributed by atoms with Crippen LogP contribution in [0.4, 0.5) is 5.88 Å². The van der Waals surface area contributed by atoms with Crippen LogP contribution in [0.5, 0.6) is 0 Å². The molecule has 2 nitrogen and oxygen atoms in total. The number of nitrogens with zero attached hydrogens (tertiary/aromatic N) is 1. The van der Waals surface area contributed by atoms with Gasteiger partial charge in [-0.05, 0) is 15.9 Å². The van der Waals surface area contributed by atoms with Gasteiger partial charge in [-0.2, -0.15) is 12.6 Å². The predicted octanol–water partition coefficient (Wildman–Crippen LogP) is 4.35. The summed E-state index contributed by atoms with van der Waals surface area (Å²) in [4.78, 5) is 2.01. The molecule has 0 aliphatic carbocycles. The Morgan fingerprint density at radius 2 is 2.38 bits per heavy atom. The summed E-state index contributed by atoms with van der Waals surface area (Å²) in [6.45, 7) is 0.828. The lowest BCUT2D eigenvalue weighted by Gasteiger charge is -2.16. The fourth-order valence-electron chi connectivity index (χ4n) is 1.35. The third-order valence-corrected chi connectivity index (χ3v) is 4.74. The lowest BCUT2D eigenvalue weighted by atomic mass is 10.4. The Balaban J connectivity index is 2.56. The third-order valence-electron chi connectivity index (χ3n) is 2.20. The largest absolute Gasteiger partial charge is 0.438 e. The molecule has 0 fully saturated rings. The molecule has 0 amide bonds. The van der Waals surface area contributed by atoms with Crippen LogP contribution in [0.25, 0.3) is 10.3 Å². The first-order valence-electron chi connectivity index (χ1n) is 4.66. The van der Waals surface area contributed by atoms with Gasteiger partial charge in [0, 0.05) is 30.8 Å². The van der Waals surface area contributed by atoms with E-state index in [2.05, 4.69) is 28.6 Å². The molecule has 16 heavy (non-hydrogen) atoms. The number of hydrogen-bond acceptors (Lipinski definition) is 5. The minimum absolute atomic E-state index is 0.779. The molecule has 0 saturated carbocycles. The molecule has 6 heteroatoms. The van der Waals surface area contributed by atoms with Gasteiger partial charge < -0.3 is 9.32 Å². The fraction of sp³-hybridized carbons (Fsp3) is 0.300. The fourth-order valence-corrected chi connectivity index (χ4v) is 3.44. The zero-order valence-electron chi connectivity index (χ0n) is 8.57. The molecule has 0 aliphatic heterocycles. The van der Waals surface area contributed by atoms with E-state index in [4.69, 9.17) is 16.6 Å². The van der Waals surface area contributed by atoms with E-state index >= 15 is 0 Å².